The van der Waals surface area contributed by atoms with Crippen LogP contribution in [0.15, 0.2) is 91.1 Å². The van der Waals surface area contributed by atoms with Gasteiger partial charge in [-0.05, 0) is 141 Å². The van der Waals surface area contributed by atoms with E-state index >= 15 is 0 Å². The molecule has 1 heterocycles. The zero-order valence-electron chi connectivity index (χ0n) is 36.9. The van der Waals surface area contributed by atoms with E-state index in [0.29, 0.717) is 0 Å². The molecule has 0 unspecified atom stereocenters. The molecule has 1 N–H and O–H groups in total. The minimum absolute atomic E-state index is 0.0249. The Bertz CT molecular complexity index is 2100. The van der Waals surface area contributed by atoms with Crippen molar-refractivity contribution in [2.45, 2.75) is 149 Å². The molecule has 57 heavy (non-hydrogen) atoms. The van der Waals surface area contributed by atoms with E-state index in [4.69, 9.17) is 14.6 Å². The van der Waals surface area contributed by atoms with Crippen molar-refractivity contribution in [2.24, 2.45) is 0 Å². The number of halogens is 1. The van der Waals surface area contributed by atoms with Gasteiger partial charge in [0.1, 0.15) is 15.9 Å². The van der Waals surface area contributed by atoms with E-state index in [1.54, 1.807) is 16.4 Å². The van der Waals surface area contributed by atoms with E-state index in [0.717, 1.165) is 37.9 Å². The molecule has 5 aromatic rings. The van der Waals surface area contributed by atoms with Crippen LogP contribution in [-0.4, -0.2) is 4.98 Å². The summed E-state index contributed by atoms with van der Waals surface area (Å²) in [5.41, 5.74) is 15.7. The molecule has 306 valence electrons. The molecule has 7 rings (SSSR count). The number of nitrogens with one attached hydrogen (secondary N) is 1. The maximum absolute atomic E-state index is 4.75. The van der Waals surface area contributed by atoms with Crippen molar-refractivity contribution in [1.82, 2.24) is 4.98 Å². The van der Waals surface area contributed by atoms with Crippen molar-refractivity contribution in [3.05, 3.63) is 147 Å². The van der Waals surface area contributed by atoms with Gasteiger partial charge in [-0.3, -0.25) is 4.98 Å². The van der Waals surface area contributed by atoms with E-state index in [1.165, 1.54) is 73.1 Å². The molecule has 1 spiro atoms. The van der Waals surface area contributed by atoms with Gasteiger partial charge in [-0.2, -0.15) is 0 Å². The van der Waals surface area contributed by atoms with Gasteiger partial charge in [0.05, 0.1) is 20.2 Å². The SMILES string of the molecule is Cc1cccnc1CNc1cccc2c1[C@]1(CC2)CCc2cccc([PH+](c3cc(C(C)(C)C)cc(C(C)(C)C)c3)c3cc(C(C)(C)C)cc(C(C)(C)C)c3)c21.[Cl][IrH2]. The Morgan fingerprint density at radius 1 is 0.614 bits per heavy atom. The number of anilines is 1. The van der Waals surface area contributed by atoms with Gasteiger partial charge in [-0.15, -0.1) is 0 Å². The Kier molecular flexibility index (Phi) is 12.5. The quantitative estimate of drug-likeness (QED) is 0.172. The first-order valence-electron chi connectivity index (χ1n) is 20.9. The molecule has 0 amide bonds. The fourth-order valence-electron chi connectivity index (χ4n) is 9.18. The summed E-state index contributed by atoms with van der Waals surface area (Å²) in [7, 11) is 3.20. The second-order valence-corrected chi connectivity index (χ2v) is 23.3. The number of aryl methyl sites for hydroxylation is 3. The summed E-state index contributed by atoms with van der Waals surface area (Å²) in [6, 6.07) is 34.0. The number of benzene rings is 4. The fourth-order valence-corrected chi connectivity index (χ4v) is 12.3. The van der Waals surface area contributed by atoms with Crippen LogP contribution in [0.4, 0.5) is 5.69 Å². The molecule has 2 nitrogen and oxygen atoms in total. The van der Waals surface area contributed by atoms with E-state index in [-0.39, 0.29) is 27.1 Å². The third kappa shape index (κ3) is 8.90. The number of rotatable bonds is 6. The zero-order valence-corrected chi connectivity index (χ0v) is 41.4. The van der Waals surface area contributed by atoms with Crippen molar-refractivity contribution in [2.75, 3.05) is 5.32 Å². The third-order valence-electron chi connectivity index (χ3n) is 12.6. The van der Waals surface area contributed by atoms with Crippen molar-refractivity contribution in [3.63, 3.8) is 0 Å². The van der Waals surface area contributed by atoms with E-state index in [1.807, 2.05) is 12.3 Å². The van der Waals surface area contributed by atoms with Gasteiger partial charge in [0.2, 0.25) is 0 Å². The summed E-state index contributed by atoms with van der Waals surface area (Å²) < 4.78 is 0. The third-order valence-corrected chi connectivity index (χ3v) is 15.3. The van der Waals surface area contributed by atoms with Gasteiger partial charge in [-0.1, -0.05) is 126 Å². The summed E-state index contributed by atoms with van der Waals surface area (Å²) in [6.45, 7) is 31.5. The van der Waals surface area contributed by atoms with Crippen LogP contribution < -0.4 is 21.2 Å². The first-order chi connectivity index (χ1) is 26.7. The van der Waals surface area contributed by atoms with Gasteiger partial charge in [0.15, 0.2) is 0 Å². The molecule has 0 saturated heterocycles. The Labute approximate surface area is 361 Å². The number of pyridine rings is 1. The van der Waals surface area contributed by atoms with E-state index in [2.05, 4.69) is 174 Å². The minimum atomic E-state index is -1.49. The summed E-state index contributed by atoms with van der Waals surface area (Å²) >= 11 is 1.19. The first kappa shape index (κ1) is 43.8. The second-order valence-electron chi connectivity index (χ2n) is 20.9. The second kappa shape index (κ2) is 16.3. The summed E-state index contributed by atoms with van der Waals surface area (Å²) in [6.07, 6.45) is 6.48. The number of hydrogen-bond acceptors (Lipinski definition) is 2. The van der Waals surface area contributed by atoms with Gasteiger partial charge in [0, 0.05) is 22.9 Å². The molecular formula is C52H68ClIrN2P+. The number of fused-ring (bicyclic) bond motifs is 4. The van der Waals surface area contributed by atoms with E-state index in [9.17, 15) is 0 Å². The maximum atomic E-state index is 4.75. The molecule has 5 heteroatoms. The average molecular weight is 980 g/mol. The van der Waals surface area contributed by atoms with Crippen molar-refractivity contribution < 1.29 is 17.9 Å². The van der Waals surface area contributed by atoms with Crippen LogP contribution in [0.25, 0.3) is 0 Å². The fraction of sp³-hybridized carbons (Fsp3) is 0.442. The normalized spacial score (nSPS) is 16.7. The summed E-state index contributed by atoms with van der Waals surface area (Å²) in [5, 5.41) is 8.55. The monoisotopic (exact) mass is 979 g/mol. The van der Waals surface area contributed by atoms with Crippen LogP contribution in [0, 0.1) is 6.92 Å². The zero-order chi connectivity index (χ0) is 41.7. The topological polar surface area (TPSA) is 24.9 Å². The number of aromatic nitrogens is 1. The Morgan fingerprint density at radius 3 is 1.53 bits per heavy atom. The predicted octanol–water partition coefficient (Wildman–Crippen LogP) is 12.0. The Hall–Kier alpha value is -2.80. The van der Waals surface area contributed by atoms with Crippen LogP contribution in [0.2, 0.25) is 0 Å². The molecule has 2 aliphatic rings. The van der Waals surface area contributed by atoms with Crippen LogP contribution in [0.3, 0.4) is 0 Å². The molecule has 1 aromatic heterocycles. The van der Waals surface area contributed by atoms with Crippen molar-refractivity contribution >= 4 is 39.1 Å². The molecule has 0 radical (unpaired) electrons. The number of nitrogens with zero attached hydrogens (tertiary/aromatic N) is 1. The molecule has 0 saturated carbocycles. The van der Waals surface area contributed by atoms with Gasteiger partial charge in [-0.25, -0.2) is 0 Å². The molecule has 2 aliphatic carbocycles. The summed E-state index contributed by atoms with van der Waals surface area (Å²) in [5.74, 6) is 0. The van der Waals surface area contributed by atoms with Crippen LogP contribution in [0.5, 0.6) is 0 Å². The number of hydrogen-bond donors (Lipinski definition) is 1. The van der Waals surface area contributed by atoms with Crippen LogP contribution >= 0.6 is 17.5 Å². The predicted molar refractivity (Wildman–Crippen MR) is 250 cm³/mol. The van der Waals surface area contributed by atoms with Crippen LogP contribution in [0.1, 0.15) is 152 Å². The standard InChI is InChI=1S/C52H65N2P.ClH.Ir.2H/c1-34-17-16-26-53-44(34)33-54-43-20-14-18-35-22-24-52(46(35)43)25-23-36-19-15-21-45(47(36)52)55(41-29-37(48(2,3)4)27-38(30-41)49(5,6)7)42-31-39(50(8,9)10)28-40(32-42)51(11,12)13;;;;/h14-21,26-32,54H,22-25,33H2,1-13H3;1H;;;/q;;+1;;/t52-;;;;/m0..../s1. The van der Waals surface area contributed by atoms with Crippen molar-refractivity contribution in [1.29, 1.82) is 0 Å². The molecular weight excluding hydrogens is 911 g/mol. The molecule has 4 aromatic carbocycles. The summed E-state index contributed by atoms with van der Waals surface area (Å²) in [4.78, 5) is 4.75. The molecule has 0 aliphatic heterocycles. The Balaban J connectivity index is 0.00000270. The first-order valence-corrected chi connectivity index (χ1v) is 25.8. The van der Waals surface area contributed by atoms with Crippen molar-refractivity contribution in [3.8, 4) is 0 Å². The average Bonchev–Trinajstić information content (AvgIpc) is 3.72. The van der Waals surface area contributed by atoms with Gasteiger partial charge >= 0.3 is 27.5 Å². The molecule has 1 atom stereocenters. The van der Waals surface area contributed by atoms with Crippen LogP contribution in [-0.2, 0) is 64.4 Å². The molecule has 0 bridgehead atoms. The van der Waals surface area contributed by atoms with E-state index < -0.39 is 7.92 Å². The van der Waals surface area contributed by atoms with Gasteiger partial charge in [0.25, 0.3) is 0 Å². The molecule has 0 fully saturated rings. The Morgan fingerprint density at radius 2 is 1.07 bits per heavy atom. The van der Waals surface area contributed by atoms with Gasteiger partial charge < -0.3 is 5.32 Å².